The average molecular weight is 416 g/mol. The van der Waals surface area contributed by atoms with Crippen molar-refractivity contribution in [1.29, 1.82) is 0 Å². The lowest BCUT2D eigenvalue weighted by Crippen LogP contribution is -2.53. The number of anilines is 1. The number of hydrogen-bond acceptors (Lipinski definition) is 4. The van der Waals surface area contributed by atoms with Gasteiger partial charge in [0.25, 0.3) is 5.91 Å². The van der Waals surface area contributed by atoms with E-state index >= 15 is 0 Å². The highest BCUT2D eigenvalue weighted by atomic mass is 35.5. The molecule has 1 saturated carbocycles. The van der Waals surface area contributed by atoms with Crippen molar-refractivity contribution in [2.75, 3.05) is 18.5 Å². The summed E-state index contributed by atoms with van der Waals surface area (Å²) in [6, 6.07) is 4.76. The average Bonchev–Trinajstić information content (AvgIpc) is 2.64. The highest BCUT2D eigenvalue weighted by molar-refractivity contribution is 6.34. The molecule has 1 heterocycles. The second-order valence-electron chi connectivity index (χ2n) is 7.00. The molecule has 6 nitrogen and oxygen atoms in total. The van der Waals surface area contributed by atoms with Crippen LogP contribution >= 0.6 is 24.0 Å². The molecule has 27 heavy (non-hydrogen) atoms. The van der Waals surface area contributed by atoms with Gasteiger partial charge in [0.1, 0.15) is 6.04 Å². The Balaban J connectivity index is 0.00000261. The van der Waals surface area contributed by atoms with Crippen LogP contribution in [0.1, 0.15) is 49.4 Å². The third-order valence-corrected chi connectivity index (χ3v) is 5.35. The predicted octanol–water partition coefficient (Wildman–Crippen LogP) is 3.14. The predicted molar refractivity (Wildman–Crippen MR) is 109 cm³/mol. The van der Waals surface area contributed by atoms with Gasteiger partial charge in [-0.3, -0.25) is 9.59 Å². The van der Waals surface area contributed by atoms with Gasteiger partial charge < -0.3 is 20.7 Å². The molecular formula is C19H27Cl2N3O3. The number of ether oxygens (including phenoxy) is 1. The molecule has 3 rings (SSSR count). The number of carbonyl (C=O) groups excluding carboxylic acids is 2. The van der Waals surface area contributed by atoms with Crippen molar-refractivity contribution in [1.82, 2.24) is 10.6 Å². The smallest absolute Gasteiger partial charge is 0.253 e. The van der Waals surface area contributed by atoms with Crippen LogP contribution in [0, 0.1) is 0 Å². The molecule has 0 radical (unpaired) electrons. The first kappa shape index (κ1) is 22.0. The van der Waals surface area contributed by atoms with Gasteiger partial charge in [0.15, 0.2) is 0 Å². The summed E-state index contributed by atoms with van der Waals surface area (Å²) in [5.41, 5.74) is 0.934. The standard InChI is InChI=1S/C19H26ClN3O3.ClH/c1-12-17(21-9-10-26-12)19(25)23-14-7-8-16(20)15(11-14)18(24)22-13-5-3-2-4-6-13;/h7-8,11-13,17,21H,2-6,9-10H2,1H3,(H,22,24)(H,23,25);1H/t12-,17+;/m1./s1. The second kappa shape index (κ2) is 10.3. The molecule has 150 valence electrons. The summed E-state index contributed by atoms with van der Waals surface area (Å²) in [4.78, 5) is 25.1. The fourth-order valence-electron chi connectivity index (χ4n) is 3.53. The Morgan fingerprint density at radius 2 is 1.96 bits per heavy atom. The number of morpholine rings is 1. The Morgan fingerprint density at radius 1 is 1.22 bits per heavy atom. The molecule has 1 aliphatic heterocycles. The van der Waals surface area contributed by atoms with Crippen molar-refractivity contribution in [3.63, 3.8) is 0 Å². The summed E-state index contributed by atoms with van der Waals surface area (Å²) in [5.74, 6) is -0.372. The van der Waals surface area contributed by atoms with Crippen LogP contribution in [0.4, 0.5) is 5.69 Å². The number of hydrogen-bond donors (Lipinski definition) is 3. The van der Waals surface area contributed by atoms with Gasteiger partial charge in [-0.15, -0.1) is 12.4 Å². The van der Waals surface area contributed by atoms with Crippen LogP contribution in [0.3, 0.4) is 0 Å². The molecule has 1 aromatic rings. The van der Waals surface area contributed by atoms with Gasteiger partial charge in [0.2, 0.25) is 5.91 Å². The van der Waals surface area contributed by atoms with Gasteiger partial charge in [-0.1, -0.05) is 30.9 Å². The van der Waals surface area contributed by atoms with Gasteiger partial charge in [0.05, 0.1) is 23.3 Å². The maximum Gasteiger partial charge on any atom is 0.253 e. The number of halogens is 2. The molecule has 3 N–H and O–H groups in total. The van der Waals surface area contributed by atoms with Crippen LogP contribution in [0.15, 0.2) is 18.2 Å². The molecule has 2 aliphatic rings. The third kappa shape index (κ3) is 5.82. The van der Waals surface area contributed by atoms with Gasteiger partial charge in [-0.2, -0.15) is 0 Å². The van der Waals surface area contributed by atoms with Crippen LogP contribution in [0.25, 0.3) is 0 Å². The van der Waals surface area contributed by atoms with Crippen molar-refractivity contribution in [3.8, 4) is 0 Å². The van der Waals surface area contributed by atoms with Crippen LogP contribution in [0.2, 0.25) is 5.02 Å². The summed E-state index contributed by atoms with van der Waals surface area (Å²) in [7, 11) is 0. The first-order valence-electron chi connectivity index (χ1n) is 9.31. The molecule has 2 amide bonds. The Bertz CT molecular complexity index is 666. The molecule has 2 fully saturated rings. The Kier molecular flexibility index (Phi) is 8.35. The molecule has 0 aromatic heterocycles. The topological polar surface area (TPSA) is 79.5 Å². The zero-order valence-electron chi connectivity index (χ0n) is 15.4. The van der Waals surface area contributed by atoms with Crippen LogP contribution < -0.4 is 16.0 Å². The summed E-state index contributed by atoms with van der Waals surface area (Å²) >= 11 is 6.21. The van der Waals surface area contributed by atoms with E-state index in [1.807, 2.05) is 6.92 Å². The fourth-order valence-corrected chi connectivity index (χ4v) is 3.74. The number of amides is 2. The second-order valence-corrected chi connectivity index (χ2v) is 7.41. The summed E-state index contributed by atoms with van der Waals surface area (Å²) in [5, 5.41) is 9.43. The minimum absolute atomic E-state index is 0. The van der Waals surface area contributed by atoms with E-state index in [0.29, 0.717) is 29.4 Å². The lowest BCUT2D eigenvalue weighted by Gasteiger charge is -2.29. The molecule has 0 unspecified atom stereocenters. The number of nitrogens with one attached hydrogen (secondary N) is 3. The monoisotopic (exact) mass is 415 g/mol. The van der Waals surface area contributed by atoms with Gasteiger partial charge in [-0.25, -0.2) is 0 Å². The lowest BCUT2D eigenvalue weighted by atomic mass is 9.95. The molecule has 1 saturated heterocycles. The van der Waals surface area contributed by atoms with Crippen molar-refractivity contribution in [2.45, 2.75) is 57.2 Å². The number of carbonyl (C=O) groups is 2. The van der Waals surface area contributed by atoms with Gasteiger partial charge in [0, 0.05) is 18.3 Å². The van der Waals surface area contributed by atoms with Crippen molar-refractivity contribution in [2.24, 2.45) is 0 Å². The third-order valence-electron chi connectivity index (χ3n) is 5.02. The van der Waals surface area contributed by atoms with E-state index in [4.69, 9.17) is 16.3 Å². The van der Waals surface area contributed by atoms with Crippen LogP contribution in [0.5, 0.6) is 0 Å². The summed E-state index contributed by atoms with van der Waals surface area (Å²) in [6.45, 7) is 3.09. The largest absolute Gasteiger partial charge is 0.375 e. The summed E-state index contributed by atoms with van der Waals surface area (Å²) in [6.07, 6.45) is 5.32. The minimum Gasteiger partial charge on any atom is -0.375 e. The molecule has 0 bridgehead atoms. The molecule has 1 aromatic carbocycles. The maximum absolute atomic E-state index is 12.6. The number of benzene rings is 1. The highest BCUT2D eigenvalue weighted by Gasteiger charge is 2.28. The van der Waals surface area contributed by atoms with E-state index in [2.05, 4.69) is 16.0 Å². The quantitative estimate of drug-likeness (QED) is 0.705. The first-order chi connectivity index (χ1) is 12.5. The van der Waals surface area contributed by atoms with E-state index in [0.717, 1.165) is 25.7 Å². The lowest BCUT2D eigenvalue weighted by molar-refractivity contribution is -0.123. The zero-order chi connectivity index (χ0) is 18.5. The normalized spacial score (nSPS) is 23.2. The SMILES string of the molecule is C[C@H]1OCCN[C@@H]1C(=O)Nc1ccc(Cl)c(C(=O)NC2CCCCC2)c1.Cl. The van der Waals surface area contributed by atoms with E-state index in [9.17, 15) is 9.59 Å². The van der Waals surface area contributed by atoms with E-state index in [1.54, 1.807) is 18.2 Å². The number of rotatable bonds is 4. The first-order valence-corrected chi connectivity index (χ1v) is 9.68. The summed E-state index contributed by atoms with van der Waals surface area (Å²) < 4.78 is 5.51. The van der Waals surface area contributed by atoms with E-state index < -0.39 is 6.04 Å². The molecule has 2 atom stereocenters. The highest BCUT2D eigenvalue weighted by Crippen LogP contribution is 2.23. The zero-order valence-corrected chi connectivity index (χ0v) is 17.0. The van der Waals surface area contributed by atoms with Crippen molar-refractivity contribution >= 4 is 41.5 Å². The molecule has 0 spiro atoms. The van der Waals surface area contributed by atoms with Crippen molar-refractivity contribution < 1.29 is 14.3 Å². The molecule has 8 heteroatoms. The van der Waals surface area contributed by atoms with Crippen molar-refractivity contribution in [3.05, 3.63) is 28.8 Å². The minimum atomic E-state index is -0.418. The fraction of sp³-hybridized carbons (Fsp3) is 0.579. The van der Waals surface area contributed by atoms with Crippen LogP contribution in [-0.2, 0) is 9.53 Å². The molecule has 1 aliphatic carbocycles. The Hall–Kier alpha value is -1.34. The Morgan fingerprint density at radius 3 is 2.67 bits per heavy atom. The van der Waals surface area contributed by atoms with E-state index in [-0.39, 0.29) is 36.4 Å². The van der Waals surface area contributed by atoms with Crippen LogP contribution in [-0.4, -0.2) is 43.2 Å². The maximum atomic E-state index is 12.6. The Labute approximate surface area is 171 Å². The molecular weight excluding hydrogens is 389 g/mol. The van der Waals surface area contributed by atoms with Gasteiger partial charge in [-0.05, 0) is 38.0 Å². The van der Waals surface area contributed by atoms with Gasteiger partial charge >= 0.3 is 0 Å². The van der Waals surface area contributed by atoms with E-state index in [1.165, 1.54) is 6.42 Å².